The van der Waals surface area contributed by atoms with Crippen molar-refractivity contribution < 1.29 is 14.7 Å². The van der Waals surface area contributed by atoms with E-state index in [-0.39, 0.29) is 11.8 Å². The second-order valence-electron chi connectivity index (χ2n) is 5.14. The van der Waals surface area contributed by atoms with E-state index in [2.05, 4.69) is 19.2 Å². The maximum Gasteiger partial charge on any atom is 0.306 e. The zero-order chi connectivity index (χ0) is 13.5. The fraction of sp³-hybridized carbons (Fsp3) is 0.846. The first kappa shape index (κ1) is 15.0. The minimum absolute atomic E-state index is 0.0853. The average molecular weight is 256 g/mol. The number of nitrogens with one attached hydrogen (secondary N) is 1. The second kappa shape index (κ2) is 7.36. The van der Waals surface area contributed by atoms with Crippen LogP contribution in [0.4, 0.5) is 0 Å². The maximum absolute atomic E-state index is 11.9. The highest BCUT2D eigenvalue weighted by Crippen LogP contribution is 2.17. The Hall–Kier alpha value is -1.10. The van der Waals surface area contributed by atoms with Crippen LogP contribution in [0.15, 0.2) is 0 Å². The van der Waals surface area contributed by atoms with Crippen LogP contribution in [0.25, 0.3) is 0 Å². The van der Waals surface area contributed by atoms with E-state index in [9.17, 15) is 9.59 Å². The number of nitrogens with zero attached hydrogens (tertiary/aromatic N) is 1. The largest absolute Gasteiger partial charge is 0.481 e. The summed E-state index contributed by atoms with van der Waals surface area (Å²) in [6, 6.07) is 0. The standard InChI is InChI=1S/C13H24N2O3/c1-3-10(2)8-14-9-12(16)15-6-4-11(5-7-15)13(17)18/h10-11,14H,3-9H2,1-2H3,(H,17,18). The van der Waals surface area contributed by atoms with Gasteiger partial charge in [0.25, 0.3) is 0 Å². The lowest BCUT2D eigenvalue weighted by Crippen LogP contribution is -2.44. The van der Waals surface area contributed by atoms with Gasteiger partial charge in [-0.1, -0.05) is 20.3 Å². The van der Waals surface area contributed by atoms with E-state index in [4.69, 9.17) is 5.11 Å². The van der Waals surface area contributed by atoms with Crippen LogP contribution in [0.1, 0.15) is 33.1 Å². The lowest BCUT2D eigenvalue weighted by atomic mass is 9.97. The maximum atomic E-state index is 11.9. The molecular weight excluding hydrogens is 232 g/mol. The molecule has 0 bridgehead atoms. The first-order valence-corrected chi connectivity index (χ1v) is 6.75. The number of piperidine rings is 1. The smallest absolute Gasteiger partial charge is 0.306 e. The van der Waals surface area contributed by atoms with Crippen LogP contribution in [-0.2, 0) is 9.59 Å². The molecule has 1 fully saturated rings. The van der Waals surface area contributed by atoms with E-state index in [0.717, 1.165) is 13.0 Å². The van der Waals surface area contributed by atoms with Crippen molar-refractivity contribution in [3.63, 3.8) is 0 Å². The summed E-state index contributed by atoms with van der Waals surface area (Å²) in [5.74, 6) is -0.350. The van der Waals surface area contributed by atoms with Crippen LogP contribution in [0, 0.1) is 11.8 Å². The Morgan fingerprint density at radius 2 is 2.00 bits per heavy atom. The number of carbonyl (C=O) groups is 2. The molecule has 5 heteroatoms. The Morgan fingerprint density at radius 1 is 1.39 bits per heavy atom. The Labute approximate surface area is 109 Å². The lowest BCUT2D eigenvalue weighted by Gasteiger charge is -2.30. The Balaban J connectivity index is 2.22. The number of amides is 1. The molecule has 1 atom stereocenters. The number of rotatable bonds is 6. The third kappa shape index (κ3) is 4.64. The van der Waals surface area contributed by atoms with Gasteiger partial charge >= 0.3 is 5.97 Å². The van der Waals surface area contributed by atoms with Gasteiger partial charge in [0.1, 0.15) is 0 Å². The molecule has 1 amide bonds. The van der Waals surface area contributed by atoms with Crippen LogP contribution in [0.5, 0.6) is 0 Å². The highest BCUT2D eigenvalue weighted by Gasteiger charge is 2.26. The molecule has 0 aromatic carbocycles. The molecule has 0 spiro atoms. The number of hydrogen-bond donors (Lipinski definition) is 2. The summed E-state index contributed by atoms with van der Waals surface area (Å²) in [4.78, 5) is 24.4. The molecule has 1 aliphatic rings. The number of likely N-dealkylation sites (tertiary alicyclic amines) is 1. The Morgan fingerprint density at radius 3 is 2.50 bits per heavy atom. The molecule has 1 unspecified atom stereocenters. The van der Waals surface area contributed by atoms with Gasteiger partial charge in [-0.2, -0.15) is 0 Å². The first-order valence-electron chi connectivity index (χ1n) is 6.75. The van der Waals surface area contributed by atoms with Gasteiger partial charge in [0, 0.05) is 13.1 Å². The summed E-state index contributed by atoms with van der Waals surface area (Å²) in [6.07, 6.45) is 2.25. The quantitative estimate of drug-likeness (QED) is 0.742. The summed E-state index contributed by atoms with van der Waals surface area (Å²) in [6.45, 7) is 6.64. The van der Waals surface area contributed by atoms with Gasteiger partial charge in [0.2, 0.25) is 5.91 Å². The zero-order valence-electron chi connectivity index (χ0n) is 11.3. The van der Waals surface area contributed by atoms with Gasteiger partial charge in [0.15, 0.2) is 0 Å². The highest BCUT2D eigenvalue weighted by molar-refractivity contribution is 5.78. The number of carboxylic acids is 1. The van der Waals surface area contributed by atoms with Crippen LogP contribution in [0.2, 0.25) is 0 Å². The molecule has 0 radical (unpaired) electrons. The predicted molar refractivity (Wildman–Crippen MR) is 69.3 cm³/mol. The van der Waals surface area contributed by atoms with E-state index < -0.39 is 5.97 Å². The van der Waals surface area contributed by atoms with E-state index in [1.807, 2.05) is 0 Å². The van der Waals surface area contributed by atoms with E-state index in [0.29, 0.717) is 38.4 Å². The number of hydrogen-bond acceptors (Lipinski definition) is 3. The fourth-order valence-electron chi connectivity index (χ4n) is 2.06. The molecule has 1 rings (SSSR count). The average Bonchev–Trinajstić information content (AvgIpc) is 2.38. The number of carbonyl (C=O) groups excluding carboxylic acids is 1. The Bertz CT molecular complexity index is 286. The monoisotopic (exact) mass is 256 g/mol. The van der Waals surface area contributed by atoms with Gasteiger partial charge in [0.05, 0.1) is 12.5 Å². The summed E-state index contributed by atoms with van der Waals surface area (Å²) >= 11 is 0. The summed E-state index contributed by atoms with van der Waals surface area (Å²) in [5.41, 5.74) is 0. The van der Waals surface area contributed by atoms with Gasteiger partial charge in [-0.05, 0) is 25.3 Å². The molecule has 5 nitrogen and oxygen atoms in total. The van der Waals surface area contributed by atoms with Crippen molar-refractivity contribution in [2.75, 3.05) is 26.2 Å². The molecule has 0 saturated carbocycles. The van der Waals surface area contributed by atoms with Crippen molar-refractivity contribution in [3.8, 4) is 0 Å². The van der Waals surface area contributed by atoms with Crippen LogP contribution >= 0.6 is 0 Å². The molecule has 1 aliphatic heterocycles. The number of carboxylic acid groups (broad SMARTS) is 1. The van der Waals surface area contributed by atoms with E-state index in [1.165, 1.54) is 0 Å². The van der Waals surface area contributed by atoms with Gasteiger partial charge in [-0.3, -0.25) is 9.59 Å². The van der Waals surface area contributed by atoms with Gasteiger partial charge in [-0.15, -0.1) is 0 Å². The van der Waals surface area contributed by atoms with E-state index >= 15 is 0 Å². The minimum atomic E-state index is -0.739. The van der Waals surface area contributed by atoms with Crippen LogP contribution in [-0.4, -0.2) is 48.1 Å². The minimum Gasteiger partial charge on any atom is -0.481 e. The first-order chi connectivity index (χ1) is 8.54. The van der Waals surface area contributed by atoms with Crippen molar-refractivity contribution in [2.45, 2.75) is 33.1 Å². The van der Waals surface area contributed by atoms with Crippen LogP contribution in [0.3, 0.4) is 0 Å². The van der Waals surface area contributed by atoms with Crippen molar-refractivity contribution in [1.82, 2.24) is 10.2 Å². The molecular formula is C13H24N2O3. The topological polar surface area (TPSA) is 69.6 Å². The van der Waals surface area contributed by atoms with Crippen molar-refractivity contribution in [3.05, 3.63) is 0 Å². The summed E-state index contributed by atoms with van der Waals surface area (Å²) < 4.78 is 0. The van der Waals surface area contributed by atoms with Crippen LogP contribution < -0.4 is 5.32 Å². The predicted octanol–water partition coefficient (Wildman–Crippen LogP) is 0.945. The van der Waals surface area contributed by atoms with Gasteiger partial charge < -0.3 is 15.3 Å². The summed E-state index contributed by atoms with van der Waals surface area (Å²) in [5, 5.41) is 12.0. The highest BCUT2D eigenvalue weighted by atomic mass is 16.4. The van der Waals surface area contributed by atoms with Crippen molar-refractivity contribution >= 4 is 11.9 Å². The molecule has 2 N–H and O–H groups in total. The molecule has 1 heterocycles. The van der Waals surface area contributed by atoms with Crippen molar-refractivity contribution in [2.24, 2.45) is 11.8 Å². The molecule has 0 aromatic rings. The normalized spacial score (nSPS) is 18.7. The third-order valence-electron chi connectivity index (χ3n) is 3.66. The SMILES string of the molecule is CCC(C)CNCC(=O)N1CCC(C(=O)O)CC1. The fourth-order valence-corrected chi connectivity index (χ4v) is 2.06. The van der Waals surface area contributed by atoms with Crippen molar-refractivity contribution in [1.29, 1.82) is 0 Å². The summed E-state index contributed by atoms with van der Waals surface area (Å²) in [7, 11) is 0. The lowest BCUT2D eigenvalue weighted by molar-refractivity contribution is -0.145. The third-order valence-corrected chi connectivity index (χ3v) is 3.66. The molecule has 18 heavy (non-hydrogen) atoms. The molecule has 0 aromatic heterocycles. The number of aliphatic carboxylic acids is 1. The second-order valence-corrected chi connectivity index (χ2v) is 5.14. The zero-order valence-corrected chi connectivity index (χ0v) is 11.3. The Kier molecular flexibility index (Phi) is 6.12. The van der Waals surface area contributed by atoms with E-state index in [1.54, 1.807) is 4.90 Å². The van der Waals surface area contributed by atoms with Gasteiger partial charge in [-0.25, -0.2) is 0 Å². The molecule has 0 aliphatic carbocycles. The molecule has 1 saturated heterocycles. The molecule has 104 valence electrons.